The molecule has 0 aromatic heterocycles. The third-order valence-corrected chi connectivity index (χ3v) is 3.98. The van der Waals surface area contributed by atoms with Gasteiger partial charge in [-0.2, -0.15) is 0 Å². The molecular formula is C12H14O3S. The molecule has 0 amide bonds. The molecule has 16 heavy (non-hydrogen) atoms. The minimum absolute atomic E-state index is 0.158. The zero-order valence-corrected chi connectivity index (χ0v) is 9.74. The van der Waals surface area contributed by atoms with Gasteiger partial charge in [0.2, 0.25) is 0 Å². The van der Waals surface area contributed by atoms with E-state index in [1.165, 1.54) is 11.3 Å². The van der Waals surface area contributed by atoms with Gasteiger partial charge >= 0.3 is 0 Å². The summed E-state index contributed by atoms with van der Waals surface area (Å²) >= 11 is 1.87. The standard InChI is InChI=1S/C12H14O3S/c1-6-13-12(16-7-1)10-4-2-9(3-5-10)11-14-8-15-11/h2-5,11-12H,1,6-8H2. The van der Waals surface area contributed by atoms with Crippen LogP contribution >= 0.6 is 11.8 Å². The summed E-state index contributed by atoms with van der Waals surface area (Å²) in [5.74, 6) is 1.18. The lowest BCUT2D eigenvalue weighted by atomic mass is 10.1. The molecule has 0 N–H and O–H groups in total. The highest BCUT2D eigenvalue weighted by Crippen LogP contribution is 2.35. The normalized spacial score (nSPS) is 26.4. The van der Waals surface area contributed by atoms with Gasteiger partial charge in [-0.3, -0.25) is 0 Å². The van der Waals surface area contributed by atoms with Crippen molar-refractivity contribution in [3.63, 3.8) is 0 Å². The van der Waals surface area contributed by atoms with Crippen LogP contribution in [0.25, 0.3) is 0 Å². The quantitative estimate of drug-likeness (QED) is 0.792. The molecule has 4 heteroatoms. The maximum Gasteiger partial charge on any atom is 0.189 e. The van der Waals surface area contributed by atoms with Crippen LogP contribution in [0.5, 0.6) is 0 Å². The summed E-state index contributed by atoms with van der Waals surface area (Å²) in [4.78, 5) is 0. The average molecular weight is 238 g/mol. The first kappa shape index (κ1) is 10.6. The molecule has 1 aromatic carbocycles. The van der Waals surface area contributed by atoms with Gasteiger partial charge in [-0.05, 0) is 17.7 Å². The van der Waals surface area contributed by atoms with E-state index in [9.17, 15) is 0 Å². The van der Waals surface area contributed by atoms with Crippen LogP contribution in [0.15, 0.2) is 24.3 Å². The molecule has 0 saturated carbocycles. The summed E-state index contributed by atoms with van der Waals surface area (Å²) in [6.07, 6.45) is 0.997. The Labute approximate surface area is 99.1 Å². The molecule has 2 saturated heterocycles. The zero-order chi connectivity index (χ0) is 10.8. The van der Waals surface area contributed by atoms with Crippen molar-refractivity contribution in [3.05, 3.63) is 35.4 Å². The number of ether oxygens (including phenoxy) is 3. The summed E-state index contributed by atoms with van der Waals surface area (Å²) in [5.41, 5.74) is 2.51. The lowest BCUT2D eigenvalue weighted by Gasteiger charge is -2.27. The van der Waals surface area contributed by atoms with Crippen LogP contribution in [0.3, 0.4) is 0 Å². The molecule has 0 radical (unpaired) electrons. The first-order chi connectivity index (χ1) is 7.93. The fraction of sp³-hybridized carbons (Fsp3) is 0.500. The van der Waals surface area contributed by atoms with Gasteiger partial charge in [-0.15, -0.1) is 11.8 Å². The third-order valence-electron chi connectivity index (χ3n) is 2.75. The largest absolute Gasteiger partial charge is 0.363 e. The van der Waals surface area contributed by atoms with Crippen LogP contribution < -0.4 is 0 Å². The van der Waals surface area contributed by atoms with Gasteiger partial charge in [0.05, 0.1) is 0 Å². The minimum Gasteiger partial charge on any atom is -0.363 e. The van der Waals surface area contributed by atoms with Gasteiger partial charge in [0, 0.05) is 12.2 Å². The number of hydrogen-bond acceptors (Lipinski definition) is 4. The van der Waals surface area contributed by atoms with E-state index in [4.69, 9.17) is 14.2 Å². The predicted octanol–water partition coefficient (Wildman–Crippen LogP) is 2.84. The average Bonchev–Trinajstić information content (AvgIpc) is 2.29. The van der Waals surface area contributed by atoms with Gasteiger partial charge in [0.1, 0.15) is 5.44 Å². The molecule has 2 aliphatic rings. The second kappa shape index (κ2) is 4.75. The highest BCUT2D eigenvalue weighted by atomic mass is 32.2. The summed E-state index contributed by atoms with van der Waals surface area (Å²) in [7, 11) is 0. The molecule has 1 unspecified atom stereocenters. The number of benzene rings is 1. The molecule has 3 rings (SSSR count). The van der Waals surface area contributed by atoms with Crippen LogP contribution in [0.4, 0.5) is 0 Å². The maximum atomic E-state index is 5.71. The van der Waals surface area contributed by atoms with Crippen LogP contribution in [-0.4, -0.2) is 19.2 Å². The van der Waals surface area contributed by atoms with Crippen molar-refractivity contribution >= 4 is 11.8 Å². The van der Waals surface area contributed by atoms with Crippen molar-refractivity contribution in [3.8, 4) is 0 Å². The second-order valence-electron chi connectivity index (χ2n) is 3.88. The highest BCUT2D eigenvalue weighted by molar-refractivity contribution is 7.99. The van der Waals surface area contributed by atoms with Gasteiger partial charge in [0.25, 0.3) is 0 Å². The van der Waals surface area contributed by atoms with Crippen molar-refractivity contribution in [2.75, 3.05) is 19.2 Å². The Hall–Kier alpha value is -0.550. The molecule has 2 aliphatic heterocycles. The fourth-order valence-corrected chi connectivity index (χ4v) is 2.86. The highest BCUT2D eigenvalue weighted by Gasteiger charge is 2.22. The first-order valence-corrected chi connectivity index (χ1v) is 6.54. The van der Waals surface area contributed by atoms with Crippen molar-refractivity contribution < 1.29 is 14.2 Å². The zero-order valence-electron chi connectivity index (χ0n) is 8.93. The SMILES string of the molecule is c1cc(C2OCCCS2)ccc1C1OCO1. The minimum atomic E-state index is -0.158. The van der Waals surface area contributed by atoms with E-state index < -0.39 is 0 Å². The van der Waals surface area contributed by atoms with E-state index in [0.29, 0.717) is 6.79 Å². The summed E-state index contributed by atoms with van der Waals surface area (Å²) in [5, 5.41) is 0. The Kier molecular flexibility index (Phi) is 3.15. The van der Waals surface area contributed by atoms with E-state index in [2.05, 4.69) is 24.3 Å². The number of thioether (sulfide) groups is 1. The molecule has 86 valence electrons. The lowest BCUT2D eigenvalue weighted by Crippen LogP contribution is -2.22. The summed E-state index contributed by atoms with van der Waals surface area (Å²) in [6, 6.07) is 8.31. The number of rotatable bonds is 2. The van der Waals surface area contributed by atoms with Gasteiger partial charge in [0.15, 0.2) is 13.1 Å². The lowest BCUT2D eigenvalue weighted by molar-refractivity contribution is -0.326. The smallest absolute Gasteiger partial charge is 0.189 e. The maximum absolute atomic E-state index is 5.71. The van der Waals surface area contributed by atoms with Crippen molar-refractivity contribution in [1.82, 2.24) is 0 Å². The van der Waals surface area contributed by atoms with E-state index in [-0.39, 0.29) is 11.7 Å². The van der Waals surface area contributed by atoms with Crippen LogP contribution in [0, 0.1) is 0 Å². The summed E-state index contributed by atoms with van der Waals surface area (Å²) < 4.78 is 16.2. The molecule has 2 heterocycles. The van der Waals surface area contributed by atoms with E-state index >= 15 is 0 Å². The van der Waals surface area contributed by atoms with Gasteiger partial charge < -0.3 is 14.2 Å². The Morgan fingerprint density at radius 1 is 1.00 bits per heavy atom. The molecular weight excluding hydrogens is 224 g/mol. The fourth-order valence-electron chi connectivity index (χ4n) is 1.82. The van der Waals surface area contributed by atoms with E-state index in [1.54, 1.807) is 0 Å². The number of hydrogen-bond donors (Lipinski definition) is 0. The first-order valence-electron chi connectivity index (χ1n) is 5.50. The predicted molar refractivity (Wildman–Crippen MR) is 62.0 cm³/mol. The Morgan fingerprint density at radius 2 is 1.75 bits per heavy atom. The second-order valence-corrected chi connectivity index (χ2v) is 5.05. The Balaban J connectivity index is 1.70. The molecule has 3 nitrogen and oxygen atoms in total. The van der Waals surface area contributed by atoms with E-state index in [0.717, 1.165) is 18.6 Å². The topological polar surface area (TPSA) is 27.7 Å². The molecule has 0 aliphatic carbocycles. The molecule has 0 spiro atoms. The Bertz CT molecular complexity index is 342. The van der Waals surface area contributed by atoms with Crippen molar-refractivity contribution in [2.24, 2.45) is 0 Å². The van der Waals surface area contributed by atoms with Crippen LogP contribution in [-0.2, 0) is 14.2 Å². The third kappa shape index (κ3) is 2.11. The van der Waals surface area contributed by atoms with Crippen LogP contribution in [0.2, 0.25) is 0 Å². The van der Waals surface area contributed by atoms with E-state index in [1.807, 2.05) is 11.8 Å². The van der Waals surface area contributed by atoms with Gasteiger partial charge in [-0.1, -0.05) is 24.3 Å². The van der Waals surface area contributed by atoms with Crippen molar-refractivity contribution in [1.29, 1.82) is 0 Å². The monoisotopic (exact) mass is 238 g/mol. The van der Waals surface area contributed by atoms with Crippen molar-refractivity contribution in [2.45, 2.75) is 18.1 Å². The van der Waals surface area contributed by atoms with Gasteiger partial charge in [-0.25, -0.2) is 0 Å². The summed E-state index contributed by atoms with van der Waals surface area (Å²) in [6.45, 7) is 1.28. The molecule has 2 fully saturated rings. The van der Waals surface area contributed by atoms with Crippen LogP contribution in [0.1, 0.15) is 29.3 Å². The Morgan fingerprint density at radius 3 is 2.31 bits per heavy atom. The molecule has 1 aromatic rings. The molecule has 0 bridgehead atoms. The molecule has 1 atom stereocenters.